The van der Waals surface area contributed by atoms with E-state index in [1.807, 2.05) is 20.3 Å². The van der Waals surface area contributed by atoms with E-state index < -0.39 is 0 Å². The second-order valence-electron chi connectivity index (χ2n) is 2.64. The molecule has 1 rings (SSSR count). The van der Waals surface area contributed by atoms with Gasteiger partial charge in [-0.2, -0.15) is 0 Å². The van der Waals surface area contributed by atoms with Crippen molar-refractivity contribution >= 4 is 0 Å². The third-order valence-corrected chi connectivity index (χ3v) is 1.57. The number of nitrogens with zero attached hydrogens (tertiary/aromatic N) is 2. The zero-order valence-electron chi connectivity index (χ0n) is 6.17. The lowest BCUT2D eigenvalue weighted by Crippen LogP contribution is -2.33. The highest BCUT2D eigenvalue weighted by Gasteiger charge is 2.27. The molecule has 0 bridgehead atoms. The van der Waals surface area contributed by atoms with Gasteiger partial charge in [0.25, 0.3) is 0 Å². The second-order valence-corrected chi connectivity index (χ2v) is 2.64. The minimum absolute atomic E-state index is 0.748. The van der Waals surface area contributed by atoms with E-state index in [0.717, 1.165) is 6.04 Å². The molecule has 2 nitrogen and oxygen atoms in total. The molecule has 0 radical (unpaired) electrons. The lowest BCUT2D eigenvalue weighted by atomic mass is 10.6. The fourth-order valence-electron chi connectivity index (χ4n) is 0.978. The average molecular weight is 126 g/mol. The Bertz CT molecular complexity index is 103. The molecule has 0 aliphatic heterocycles. The van der Waals surface area contributed by atoms with Gasteiger partial charge < -0.3 is 5.01 Å². The van der Waals surface area contributed by atoms with Crippen molar-refractivity contribution in [2.24, 2.45) is 0 Å². The first-order valence-corrected chi connectivity index (χ1v) is 3.34. The van der Waals surface area contributed by atoms with Gasteiger partial charge in [-0.25, -0.2) is 5.01 Å². The first kappa shape index (κ1) is 6.62. The van der Waals surface area contributed by atoms with Gasteiger partial charge in [-0.05, 0) is 12.8 Å². The van der Waals surface area contributed by atoms with E-state index in [2.05, 4.69) is 16.6 Å². The summed E-state index contributed by atoms with van der Waals surface area (Å²) in [5, 5.41) is 4.24. The van der Waals surface area contributed by atoms with Gasteiger partial charge >= 0.3 is 0 Å². The molecule has 1 saturated carbocycles. The van der Waals surface area contributed by atoms with Crippen molar-refractivity contribution in [2.45, 2.75) is 18.9 Å². The molecule has 1 aliphatic carbocycles. The van der Waals surface area contributed by atoms with Crippen LogP contribution in [-0.2, 0) is 0 Å². The van der Waals surface area contributed by atoms with Gasteiger partial charge in [-0.1, -0.05) is 6.58 Å². The Hall–Kier alpha value is -0.500. The van der Waals surface area contributed by atoms with E-state index in [9.17, 15) is 0 Å². The summed E-state index contributed by atoms with van der Waals surface area (Å²) in [4.78, 5) is 0. The third kappa shape index (κ3) is 1.45. The molecule has 0 aromatic heterocycles. The van der Waals surface area contributed by atoms with E-state index in [4.69, 9.17) is 0 Å². The summed E-state index contributed by atoms with van der Waals surface area (Å²) in [7, 11) is 4.08. The minimum atomic E-state index is 0.748. The summed E-state index contributed by atoms with van der Waals surface area (Å²) in [5.74, 6) is 0. The predicted molar refractivity (Wildman–Crippen MR) is 38.7 cm³/mol. The molecular formula is C7H14N2. The number of rotatable bonds is 3. The number of hydrogen-bond donors (Lipinski definition) is 0. The summed E-state index contributed by atoms with van der Waals surface area (Å²) in [6.45, 7) is 3.73. The molecule has 9 heavy (non-hydrogen) atoms. The SMILES string of the molecule is C=CN(C1CC1)N(C)C. The van der Waals surface area contributed by atoms with Crippen LogP contribution in [0.25, 0.3) is 0 Å². The van der Waals surface area contributed by atoms with E-state index in [1.165, 1.54) is 12.8 Å². The summed E-state index contributed by atoms with van der Waals surface area (Å²) in [6.07, 6.45) is 4.53. The average Bonchev–Trinajstić information content (AvgIpc) is 2.50. The fourth-order valence-corrected chi connectivity index (χ4v) is 0.978. The highest BCUT2D eigenvalue weighted by Crippen LogP contribution is 2.26. The molecule has 0 heterocycles. The minimum Gasteiger partial charge on any atom is -0.311 e. The molecule has 0 atom stereocenters. The molecule has 2 heteroatoms. The van der Waals surface area contributed by atoms with Crippen LogP contribution in [0.1, 0.15) is 12.8 Å². The van der Waals surface area contributed by atoms with Crippen molar-refractivity contribution in [1.82, 2.24) is 10.0 Å². The van der Waals surface area contributed by atoms with Crippen molar-refractivity contribution in [1.29, 1.82) is 0 Å². The molecule has 1 fully saturated rings. The quantitative estimate of drug-likeness (QED) is 0.522. The van der Waals surface area contributed by atoms with Crippen molar-refractivity contribution < 1.29 is 0 Å². The van der Waals surface area contributed by atoms with Crippen molar-refractivity contribution in [3.8, 4) is 0 Å². The van der Waals surface area contributed by atoms with Crippen LogP contribution < -0.4 is 0 Å². The highest BCUT2D eigenvalue weighted by molar-refractivity contribution is 4.87. The molecule has 52 valence electrons. The van der Waals surface area contributed by atoms with Crippen LogP contribution in [0.4, 0.5) is 0 Å². The van der Waals surface area contributed by atoms with Gasteiger partial charge in [-0.15, -0.1) is 0 Å². The largest absolute Gasteiger partial charge is 0.311 e. The maximum atomic E-state index is 3.73. The van der Waals surface area contributed by atoms with Crippen LogP contribution in [-0.4, -0.2) is 30.2 Å². The Labute approximate surface area is 56.7 Å². The van der Waals surface area contributed by atoms with Gasteiger partial charge in [0, 0.05) is 26.3 Å². The Morgan fingerprint density at radius 3 is 2.11 bits per heavy atom. The monoisotopic (exact) mass is 126 g/mol. The topological polar surface area (TPSA) is 6.48 Å². The van der Waals surface area contributed by atoms with Gasteiger partial charge in [0.05, 0.1) is 0 Å². The lowest BCUT2D eigenvalue weighted by Gasteiger charge is -2.26. The maximum absolute atomic E-state index is 3.73. The van der Waals surface area contributed by atoms with Crippen LogP contribution in [0.5, 0.6) is 0 Å². The van der Waals surface area contributed by atoms with Crippen LogP contribution >= 0.6 is 0 Å². The Morgan fingerprint density at radius 2 is 2.00 bits per heavy atom. The molecule has 0 spiro atoms. The normalized spacial score (nSPS) is 18.1. The third-order valence-electron chi connectivity index (χ3n) is 1.57. The Kier molecular flexibility index (Phi) is 1.76. The Morgan fingerprint density at radius 1 is 1.44 bits per heavy atom. The van der Waals surface area contributed by atoms with Crippen LogP contribution in [0.15, 0.2) is 12.8 Å². The van der Waals surface area contributed by atoms with Gasteiger partial charge in [0.15, 0.2) is 0 Å². The molecule has 0 aromatic rings. The second kappa shape index (κ2) is 2.40. The summed E-state index contributed by atoms with van der Waals surface area (Å²) >= 11 is 0. The molecule has 0 unspecified atom stereocenters. The van der Waals surface area contributed by atoms with Crippen LogP contribution in [0, 0.1) is 0 Å². The first-order valence-electron chi connectivity index (χ1n) is 3.34. The van der Waals surface area contributed by atoms with Crippen LogP contribution in [0.3, 0.4) is 0 Å². The lowest BCUT2D eigenvalue weighted by molar-refractivity contribution is 0.0740. The van der Waals surface area contributed by atoms with Gasteiger partial charge in [-0.3, -0.25) is 0 Å². The van der Waals surface area contributed by atoms with E-state index in [0.29, 0.717) is 0 Å². The summed E-state index contributed by atoms with van der Waals surface area (Å²) in [5.41, 5.74) is 0. The standard InChI is InChI=1S/C7H14N2/c1-4-9(8(2)3)7-5-6-7/h4,7H,1,5-6H2,2-3H3. The zero-order valence-corrected chi connectivity index (χ0v) is 6.17. The molecule has 0 saturated heterocycles. The smallest absolute Gasteiger partial charge is 0.0451 e. The molecular weight excluding hydrogens is 112 g/mol. The van der Waals surface area contributed by atoms with E-state index >= 15 is 0 Å². The fraction of sp³-hybridized carbons (Fsp3) is 0.714. The van der Waals surface area contributed by atoms with E-state index in [-0.39, 0.29) is 0 Å². The molecule has 0 amide bonds. The van der Waals surface area contributed by atoms with Crippen molar-refractivity contribution in [3.05, 3.63) is 12.8 Å². The maximum Gasteiger partial charge on any atom is 0.0451 e. The van der Waals surface area contributed by atoms with Gasteiger partial charge in [0.2, 0.25) is 0 Å². The molecule has 1 aliphatic rings. The predicted octanol–water partition coefficient (Wildman–Crippen LogP) is 1.07. The molecule has 0 N–H and O–H groups in total. The number of hydrogen-bond acceptors (Lipinski definition) is 2. The highest BCUT2D eigenvalue weighted by atomic mass is 15.6. The van der Waals surface area contributed by atoms with Crippen molar-refractivity contribution in [2.75, 3.05) is 14.1 Å². The zero-order chi connectivity index (χ0) is 6.85. The summed E-state index contributed by atoms with van der Waals surface area (Å²) in [6, 6.07) is 0.748. The Balaban J connectivity index is 2.37. The van der Waals surface area contributed by atoms with Crippen LogP contribution in [0.2, 0.25) is 0 Å². The van der Waals surface area contributed by atoms with Gasteiger partial charge in [0.1, 0.15) is 0 Å². The number of hydrazine groups is 1. The van der Waals surface area contributed by atoms with Crippen molar-refractivity contribution in [3.63, 3.8) is 0 Å². The first-order chi connectivity index (χ1) is 4.25. The summed E-state index contributed by atoms with van der Waals surface area (Å²) < 4.78 is 0. The molecule has 0 aromatic carbocycles. The van der Waals surface area contributed by atoms with E-state index in [1.54, 1.807) is 0 Å².